The number of hydrogen-bond donors (Lipinski definition) is 2. The fraction of sp³-hybridized carbons (Fsp3) is 0.933. The molecule has 0 amide bonds. The van der Waals surface area contributed by atoms with Gasteiger partial charge in [0.1, 0.15) is 0 Å². The van der Waals surface area contributed by atoms with Crippen molar-refractivity contribution in [2.24, 2.45) is 10.9 Å². The quantitative estimate of drug-likeness (QED) is 0.395. The van der Waals surface area contributed by atoms with Crippen LogP contribution in [0.4, 0.5) is 0 Å². The Bertz CT molecular complexity index is 290. The average Bonchev–Trinajstić information content (AvgIpc) is 3.18. The van der Waals surface area contributed by atoms with E-state index in [9.17, 15) is 0 Å². The van der Waals surface area contributed by atoms with E-state index in [2.05, 4.69) is 57.2 Å². The molecule has 20 heavy (non-hydrogen) atoms. The molecule has 0 bridgehead atoms. The van der Waals surface area contributed by atoms with Crippen LogP contribution >= 0.6 is 24.0 Å². The van der Waals surface area contributed by atoms with Crippen LogP contribution < -0.4 is 10.6 Å². The molecule has 0 heterocycles. The molecule has 5 heteroatoms. The van der Waals surface area contributed by atoms with E-state index in [4.69, 9.17) is 4.99 Å². The van der Waals surface area contributed by atoms with Gasteiger partial charge in [-0.3, -0.25) is 9.89 Å². The topological polar surface area (TPSA) is 39.7 Å². The Morgan fingerprint density at radius 2 is 1.85 bits per heavy atom. The maximum atomic E-state index is 4.72. The van der Waals surface area contributed by atoms with E-state index >= 15 is 0 Å². The molecule has 4 nitrogen and oxygen atoms in total. The van der Waals surface area contributed by atoms with Gasteiger partial charge in [-0.15, -0.1) is 24.0 Å². The summed E-state index contributed by atoms with van der Waals surface area (Å²) in [5, 5.41) is 6.80. The van der Waals surface area contributed by atoms with Crippen molar-refractivity contribution in [2.45, 2.75) is 65.6 Å². The Balaban J connectivity index is 0.00000361. The number of likely N-dealkylation sites (N-methyl/N-ethyl adjacent to an activating group) is 1. The summed E-state index contributed by atoms with van der Waals surface area (Å²) >= 11 is 0. The number of guanidine groups is 1. The summed E-state index contributed by atoms with van der Waals surface area (Å²) in [5.41, 5.74) is 0. The van der Waals surface area contributed by atoms with Gasteiger partial charge in [0, 0.05) is 24.7 Å². The molecule has 0 aromatic heterocycles. The van der Waals surface area contributed by atoms with Gasteiger partial charge < -0.3 is 10.6 Å². The zero-order valence-electron chi connectivity index (χ0n) is 13.9. The maximum Gasteiger partial charge on any atom is 0.191 e. The molecule has 0 radical (unpaired) electrons. The second-order valence-corrected chi connectivity index (χ2v) is 6.14. The molecule has 2 N–H and O–H groups in total. The lowest BCUT2D eigenvalue weighted by Crippen LogP contribution is -2.45. The van der Waals surface area contributed by atoms with Crippen LogP contribution in [0.1, 0.15) is 47.5 Å². The van der Waals surface area contributed by atoms with Crippen molar-refractivity contribution < 1.29 is 0 Å². The lowest BCUT2D eigenvalue weighted by atomic mass is 10.1. The molecule has 1 rings (SSSR count). The highest BCUT2D eigenvalue weighted by molar-refractivity contribution is 14.0. The Morgan fingerprint density at radius 1 is 1.25 bits per heavy atom. The molecule has 0 saturated heterocycles. The predicted octanol–water partition coefficient (Wildman–Crippen LogP) is 2.69. The number of nitrogens with zero attached hydrogens (tertiary/aromatic N) is 2. The summed E-state index contributed by atoms with van der Waals surface area (Å²) in [7, 11) is 2.22. The SMILES string of the molecule is CCNC(=NCC(C)N(C)C1CC1)NC(C)C(C)C.I. The number of hydrogen-bond acceptors (Lipinski definition) is 2. The summed E-state index contributed by atoms with van der Waals surface area (Å²) in [5.74, 6) is 1.55. The molecule has 1 saturated carbocycles. The third-order valence-corrected chi connectivity index (χ3v) is 4.04. The van der Waals surface area contributed by atoms with Crippen LogP contribution in [-0.4, -0.2) is 49.1 Å². The third-order valence-electron chi connectivity index (χ3n) is 4.04. The van der Waals surface area contributed by atoms with Gasteiger partial charge >= 0.3 is 0 Å². The molecule has 1 fully saturated rings. The van der Waals surface area contributed by atoms with E-state index in [0.29, 0.717) is 18.0 Å². The normalized spacial score (nSPS) is 18.7. The molecule has 2 atom stereocenters. The number of nitrogens with one attached hydrogen (secondary N) is 2. The fourth-order valence-electron chi connectivity index (χ4n) is 1.90. The summed E-state index contributed by atoms with van der Waals surface area (Å²) < 4.78 is 0. The van der Waals surface area contributed by atoms with Crippen LogP contribution in [-0.2, 0) is 0 Å². The minimum absolute atomic E-state index is 0. The van der Waals surface area contributed by atoms with Gasteiger partial charge in [-0.1, -0.05) is 13.8 Å². The highest BCUT2D eigenvalue weighted by Crippen LogP contribution is 2.26. The minimum atomic E-state index is 0. The number of rotatable bonds is 7. The van der Waals surface area contributed by atoms with Crippen molar-refractivity contribution in [1.82, 2.24) is 15.5 Å². The Labute approximate surface area is 142 Å². The second-order valence-electron chi connectivity index (χ2n) is 6.14. The minimum Gasteiger partial charge on any atom is -0.357 e. The van der Waals surface area contributed by atoms with Crippen LogP contribution in [0.25, 0.3) is 0 Å². The van der Waals surface area contributed by atoms with Crippen LogP contribution in [0.3, 0.4) is 0 Å². The van der Waals surface area contributed by atoms with Crippen LogP contribution in [0, 0.1) is 5.92 Å². The predicted molar refractivity (Wildman–Crippen MR) is 99.1 cm³/mol. The van der Waals surface area contributed by atoms with Crippen molar-refractivity contribution >= 4 is 29.9 Å². The third kappa shape index (κ3) is 7.11. The van der Waals surface area contributed by atoms with Crippen LogP contribution in [0.15, 0.2) is 4.99 Å². The molecule has 0 aliphatic heterocycles. The lowest BCUT2D eigenvalue weighted by Gasteiger charge is -2.24. The molecule has 120 valence electrons. The van der Waals surface area contributed by atoms with E-state index < -0.39 is 0 Å². The van der Waals surface area contributed by atoms with Gasteiger partial charge in [-0.25, -0.2) is 0 Å². The summed E-state index contributed by atoms with van der Waals surface area (Å²) in [6, 6.07) is 1.75. The summed E-state index contributed by atoms with van der Waals surface area (Å²) in [4.78, 5) is 7.18. The molecule has 2 unspecified atom stereocenters. The number of aliphatic imine (C=N–C) groups is 1. The molecular formula is C15H33IN4. The standard InChI is InChI=1S/C15H32N4.HI/c1-7-16-15(18-13(5)11(2)3)17-10-12(4)19(6)14-8-9-14;/h11-14H,7-10H2,1-6H3,(H2,16,17,18);1H. The molecule has 0 spiro atoms. The largest absolute Gasteiger partial charge is 0.357 e. The highest BCUT2D eigenvalue weighted by atomic mass is 127. The molecule has 0 aromatic carbocycles. The first-order chi connectivity index (χ1) is 8.95. The van der Waals surface area contributed by atoms with E-state index in [1.807, 2.05) is 0 Å². The average molecular weight is 396 g/mol. The molecule has 1 aliphatic carbocycles. The van der Waals surface area contributed by atoms with Crippen molar-refractivity contribution in [3.8, 4) is 0 Å². The zero-order chi connectivity index (χ0) is 14.4. The zero-order valence-corrected chi connectivity index (χ0v) is 16.3. The number of halogens is 1. The van der Waals surface area contributed by atoms with Gasteiger partial charge in [-0.2, -0.15) is 0 Å². The Morgan fingerprint density at radius 3 is 2.30 bits per heavy atom. The van der Waals surface area contributed by atoms with Crippen molar-refractivity contribution in [1.29, 1.82) is 0 Å². The lowest BCUT2D eigenvalue weighted by molar-refractivity contribution is 0.253. The smallest absolute Gasteiger partial charge is 0.191 e. The van der Waals surface area contributed by atoms with Crippen molar-refractivity contribution in [3.63, 3.8) is 0 Å². The van der Waals surface area contributed by atoms with E-state index in [1.54, 1.807) is 0 Å². The first-order valence-corrected chi connectivity index (χ1v) is 7.72. The summed E-state index contributed by atoms with van der Waals surface area (Å²) in [6.07, 6.45) is 2.71. The first kappa shape index (κ1) is 20.0. The molecule has 0 aromatic rings. The highest BCUT2D eigenvalue weighted by Gasteiger charge is 2.28. The van der Waals surface area contributed by atoms with Gasteiger partial charge in [0.25, 0.3) is 0 Å². The van der Waals surface area contributed by atoms with Gasteiger partial charge in [0.05, 0.1) is 6.54 Å². The monoisotopic (exact) mass is 396 g/mol. The van der Waals surface area contributed by atoms with Gasteiger partial charge in [0.15, 0.2) is 5.96 Å². The van der Waals surface area contributed by atoms with Crippen LogP contribution in [0.2, 0.25) is 0 Å². The molecular weight excluding hydrogens is 363 g/mol. The van der Waals surface area contributed by atoms with Crippen molar-refractivity contribution in [2.75, 3.05) is 20.1 Å². The summed E-state index contributed by atoms with van der Waals surface area (Å²) in [6.45, 7) is 12.8. The second kappa shape index (κ2) is 9.82. The van der Waals surface area contributed by atoms with Crippen LogP contribution in [0.5, 0.6) is 0 Å². The van der Waals surface area contributed by atoms with Gasteiger partial charge in [-0.05, 0) is 46.6 Å². The van der Waals surface area contributed by atoms with Crippen molar-refractivity contribution in [3.05, 3.63) is 0 Å². The molecule has 1 aliphatic rings. The maximum absolute atomic E-state index is 4.72. The Kier molecular flexibility index (Phi) is 9.80. The first-order valence-electron chi connectivity index (χ1n) is 7.72. The van der Waals surface area contributed by atoms with E-state index in [1.165, 1.54) is 12.8 Å². The van der Waals surface area contributed by atoms with E-state index in [-0.39, 0.29) is 24.0 Å². The Hall–Kier alpha value is -0.0400. The van der Waals surface area contributed by atoms with Gasteiger partial charge in [0.2, 0.25) is 0 Å². The fourth-order valence-corrected chi connectivity index (χ4v) is 1.90. The van der Waals surface area contributed by atoms with E-state index in [0.717, 1.165) is 25.1 Å².